The highest BCUT2D eigenvalue weighted by Crippen LogP contribution is 2.53. The van der Waals surface area contributed by atoms with Crippen LogP contribution >= 0.6 is 0 Å². The van der Waals surface area contributed by atoms with Gasteiger partial charge in [-0.05, 0) is 266 Å². The third kappa shape index (κ3) is 10.2. The molecule has 0 fully saturated rings. The third-order valence-corrected chi connectivity index (χ3v) is 28.8. The van der Waals surface area contributed by atoms with Crippen molar-refractivity contribution < 1.29 is 0 Å². The van der Waals surface area contributed by atoms with Crippen LogP contribution in [-0.4, -0.2) is 31.7 Å². The van der Waals surface area contributed by atoms with Crippen LogP contribution in [0.1, 0.15) is 126 Å². The zero-order valence-corrected chi connectivity index (χ0v) is 72.4. The van der Waals surface area contributed by atoms with E-state index in [0.29, 0.717) is 0 Å². The van der Waals surface area contributed by atoms with Crippen molar-refractivity contribution >= 4 is 133 Å². The molecule has 0 radical (unpaired) electrons. The molecule has 0 spiro atoms. The number of nitrogens with zero attached hydrogens (tertiary/aromatic N) is 4. The molecule has 4 aliphatic rings. The van der Waals surface area contributed by atoms with E-state index in [9.17, 15) is 0 Å². The van der Waals surface area contributed by atoms with E-state index in [2.05, 4.69) is 419 Å². The molecule has 16 aromatic carbocycles. The van der Waals surface area contributed by atoms with Gasteiger partial charge < -0.3 is 18.3 Å². The zero-order chi connectivity index (χ0) is 83.0. The van der Waals surface area contributed by atoms with Gasteiger partial charge in [0.05, 0.1) is 33.5 Å². The van der Waals surface area contributed by atoms with Gasteiger partial charge in [-0.1, -0.05) is 301 Å². The summed E-state index contributed by atoms with van der Waals surface area (Å²) in [6, 6.07) is 117. The SMILES string of the molecule is Cc1ccccc1-c1c(-c2ccccc2C)n2c3c(c4ccccc4cc13)B1c3c-2cc(-c2ccccc2)cc3-n2c3ccc(C(C)(C)C)cc3c3cc(C(C)(C)Cc4cccc(-c5c(-c6c(C)cccc6C)n6c7c(c8ccccc8cc57)B5c7c-6cc(-c6ccccc6)cc7-n6c7ccc(C(C)(C)C)cc7c7cc(C(C)(C)C)cc5c76)c4)cc1c32. The molecule has 0 saturated heterocycles. The van der Waals surface area contributed by atoms with Gasteiger partial charge in [0.25, 0.3) is 13.4 Å². The average molecular weight is 1570 g/mol. The molecule has 0 atom stereocenters. The van der Waals surface area contributed by atoms with Gasteiger partial charge in [0, 0.05) is 88.4 Å². The Kier molecular flexibility index (Phi) is 15.2. The van der Waals surface area contributed by atoms with Crippen LogP contribution in [0.25, 0.3) is 177 Å². The van der Waals surface area contributed by atoms with Crippen LogP contribution in [0.15, 0.2) is 297 Å². The number of hydrogen-bond donors (Lipinski definition) is 0. The lowest BCUT2D eigenvalue weighted by Gasteiger charge is -2.36. The lowest BCUT2D eigenvalue weighted by molar-refractivity contribution is 0.523. The number of fused-ring (bicyclic) bond motifs is 18. The number of aromatic nitrogens is 4. The highest BCUT2D eigenvalue weighted by atomic mass is 15.1. The number of rotatable bonds is 9. The van der Waals surface area contributed by atoms with E-state index < -0.39 is 5.41 Å². The van der Waals surface area contributed by atoms with Crippen molar-refractivity contribution in [3.8, 4) is 89.8 Å². The van der Waals surface area contributed by atoms with Crippen LogP contribution in [0.2, 0.25) is 0 Å². The van der Waals surface area contributed by atoms with Gasteiger partial charge in [-0.25, -0.2) is 0 Å². The Morgan fingerprint density at radius 3 is 1.17 bits per heavy atom. The summed E-state index contributed by atoms with van der Waals surface area (Å²) >= 11 is 0. The summed E-state index contributed by atoms with van der Waals surface area (Å²) in [5.41, 5.74) is 46.7. The second-order valence-corrected chi connectivity index (χ2v) is 39.9. The molecular weight excluding hydrogens is 1470 g/mol. The Labute approximate surface area is 715 Å². The summed E-state index contributed by atoms with van der Waals surface area (Å²) in [5.74, 6) is 0. The van der Waals surface area contributed by atoms with Crippen LogP contribution in [0, 0.1) is 27.7 Å². The van der Waals surface area contributed by atoms with Gasteiger partial charge in [-0.3, -0.25) is 0 Å². The summed E-state index contributed by atoms with van der Waals surface area (Å²) in [6.07, 6.45) is 0.787. The highest BCUT2D eigenvalue weighted by Gasteiger charge is 2.48. The Hall–Kier alpha value is -13.2. The summed E-state index contributed by atoms with van der Waals surface area (Å²) < 4.78 is 10.9. The van der Waals surface area contributed by atoms with Crippen molar-refractivity contribution in [1.82, 2.24) is 18.3 Å². The molecule has 0 saturated carbocycles. The van der Waals surface area contributed by atoms with Crippen LogP contribution in [0.3, 0.4) is 0 Å². The fraction of sp³-hybridized carbons (Fsp3) is 0.172. The number of hydrogen-bond acceptors (Lipinski definition) is 0. The van der Waals surface area contributed by atoms with Crippen LogP contribution in [-0.2, 0) is 28.1 Å². The van der Waals surface area contributed by atoms with E-state index in [4.69, 9.17) is 0 Å². The molecule has 0 unspecified atom stereocenters. The Morgan fingerprint density at radius 1 is 0.254 bits per heavy atom. The number of benzene rings is 16. The maximum atomic E-state index is 2.78. The van der Waals surface area contributed by atoms with Crippen molar-refractivity contribution in [3.63, 3.8) is 0 Å². The summed E-state index contributed by atoms with van der Waals surface area (Å²) in [7, 11) is 0. The summed E-state index contributed by atoms with van der Waals surface area (Å²) in [4.78, 5) is 0. The Balaban J connectivity index is 0.765. The molecule has 8 heterocycles. The molecule has 122 heavy (non-hydrogen) atoms. The van der Waals surface area contributed by atoms with Gasteiger partial charge in [0.15, 0.2) is 0 Å². The summed E-state index contributed by atoms with van der Waals surface area (Å²) in [6.45, 7) is 35.5. The molecule has 24 rings (SSSR count). The quantitative estimate of drug-likeness (QED) is 0.128. The second kappa shape index (κ2) is 25.5. The fourth-order valence-corrected chi connectivity index (χ4v) is 22.9. The maximum Gasteiger partial charge on any atom is 0.253 e. The van der Waals surface area contributed by atoms with Gasteiger partial charge >= 0.3 is 0 Å². The molecule has 0 aliphatic carbocycles. The van der Waals surface area contributed by atoms with E-state index in [1.54, 1.807) is 0 Å². The molecule has 0 N–H and O–H groups in total. The minimum absolute atomic E-state index is 0.0437. The third-order valence-electron chi connectivity index (χ3n) is 28.8. The topological polar surface area (TPSA) is 19.7 Å². The minimum atomic E-state index is -0.401. The fourth-order valence-electron chi connectivity index (χ4n) is 22.9. The van der Waals surface area contributed by atoms with E-state index in [-0.39, 0.29) is 29.7 Å². The van der Waals surface area contributed by atoms with Crippen LogP contribution in [0.5, 0.6) is 0 Å². The lowest BCUT2D eigenvalue weighted by Crippen LogP contribution is -2.60. The first-order valence-corrected chi connectivity index (χ1v) is 44.1. The molecule has 0 bridgehead atoms. The van der Waals surface area contributed by atoms with Gasteiger partial charge in [0.1, 0.15) is 0 Å². The van der Waals surface area contributed by atoms with Crippen molar-refractivity contribution in [1.29, 1.82) is 0 Å². The van der Waals surface area contributed by atoms with E-state index in [0.717, 1.165) is 6.42 Å². The molecule has 0 amide bonds. The van der Waals surface area contributed by atoms with Crippen molar-refractivity contribution in [2.75, 3.05) is 0 Å². The van der Waals surface area contributed by atoms with Crippen LogP contribution < -0.4 is 32.8 Å². The Bertz CT molecular complexity index is 8020. The molecule has 586 valence electrons. The van der Waals surface area contributed by atoms with Gasteiger partial charge in [0.2, 0.25) is 0 Å². The van der Waals surface area contributed by atoms with Crippen molar-refractivity contribution in [3.05, 3.63) is 347 Å². The van der Waals surface area contributed by atoms with E-state index in [1.165, 1.54) is 260 Å². The van der Waals surface area contributed by atoms with Crippen molar-refractivity contribution in [2.24, 2.45) is 0 Å². The molecule has 6 heteroatoms. The first-order valence-electron chi connectivity index (χ1n) is 44.1. The van der Waals surface area contributed by atoms with E-state index in [1.807, 2.05) is 0 Å². The molecular formula is C116H96B2N4. The molecule has 4 aromatic heterocycles. The molecule has 4 nitrogen and oxygen atoms in total. The normalized spacial score (nSPS) is 13.4. The number of aryl methyl sites for hydroxylation is 4. The average Bonchev–Trinajstić information content (AvgIpc) is 1.41. The summed E-state index contributed by atoms with van der Waals surface area (Å²) in [5, 5.41) is 12.9. The smallest absolute Gasteiger partial charge is 0.253 e. The first-order chi connectivity index (χ1) is 58.8. The van der Waals surface area contributed by atoms with E-state index >= 15 is 0 Å². The zero-order valence-electron chi connectivity index (χ0n) is 72.4. The monoisotopic (exact) mass is 1570 g/mol. The van der Waals surface area contributed by atoms with Gasteiger partial charge in [-0.15, -0.1) is 0 Å². The minimum Gasteiger partial charge on any atom is -0.310 e. The standard InChI is InChI=1S/C116H96B2N4/c1-66-32-22-26-44-82(66)102-91-54-74-42-25-29-47-85(74)104-111(91)121(109(102)83-45-27-23-33-67(83)2)98-57-76(71-37-18-16-19-38-71)55-96-105(98)118(104)93-64-81(62-89-87-60-79(114(8,9)10)49-51-95(87)120(96)108(89)93)116(14,15)65-70-36-31-43-75(52-70)101-90-53-73-41-24-28-46-84(73)103-110(90)122(112(101)100-68(3)34-30-35-69(100)4)99-58-77(72-39-20-17-21-40-72)56-97-106(99)117(103)92-63-80(115(11,12)13)61-88-86-59-78(113(5,6)7)48-50-94(86)119(97)107(88)92/h16-64H,65H2,1-15H3. The first kappa shape index (κ1) is 72.8. The van der Waals surface area contributed by atoms with Gasteiger partial charge in [-0.2, -0.15) is 0 Å². The predicted octanol–water partition coefficient (Wildman–Crippen LogP) is 26.0. The lowest BCUT2D eigenvalue weighted by atomic mass is 9.33. The molecule has 4 aliphatic heterocycles. The predicted molar refractivity (Wildman–Crippen MR) is 524 cm³/mol. The largest absolute Gasteiger partial charge is 0.310 e. The Morgan fingerprint density at radius 2 is 0.664 bits per heavy atom. The van der Waals surface area contributed by atoms with Crippen LogP contribution in [0.4, 0.5) is 0 Å². The second-order valence-electron chi connectivity index (χ2n) is 39.9. The van der Waals surface area contributed by atoms with Crippen molar-refractivity contribution in [2.45, 2.75) is 132 Å². The highest BCUT2D eigenvalue weighted by molar-refractivity contribution is 7.02. The molecule has 20 aromatic rings. The maximum absolute atomic E-state index is 2.78.